The van der Waals surface area contributed by atoms with Crippen molar-refractivity contribution in [2.75, 3.05) is 13.1 Å². The zero-order valence-corrected chi connectivity index (χ0v) is 15.9. The topological polar surface area (TPSA) is 75.4 Å². The quantitative estimate of drug-likeness (QED) is 0.871. The number of halogens is 1. The van der Waals surface area contributed by atoms with Gasteiger partial charge in [0.15, 0.2) is 0 Å². The number of carbonyl (C=O) groups is 2. The minimum Gasteiger partial charge on any atom is -0.478 e. The second-order valence-corrected chi connectivity index (χ2v) is 7.89. The van der Waals surface area contributed by atoms with Gasteiger partial charge in [-0.15, -0.1) is 0 Å². The Kier molecular flexibility index (Phi) is 4.68. The van der Waals surface area contributed by atoms with Crippen molar-refractivity contribution < 1.29 is 14.7 Å². The summed E-state index contributed by atoms with van der Waals surface area (Å²) in [5.41, 5.74) is 2.07. The summed E-state index contributed by atoms with van der Waals surface area (Å²) in [6.07, 6.45) is 3.89. The van der Waals surface area contributed by atoms with Crippen LogP contribution in [0.3, 0.4) is 0 Å². The second-order valence-electron chi connectivity index (χ2n) is 7.45. The maximum Gasteiger partial charge on any atom is 0.339 e. The van der Waals surface area contributed by atoms with Crippen molar-refractivity contribution >= 4 is 23.5 Å². The molecule has 0 spiro atoms. The standard InChI is InChI=1S/C20H22ClN3O3/c1-12-18(20(26)27)11-22-24(12)15-5-7-23(8-6-15)19(25)17-10-16(17)13-3-2-4-14(21)9-13/h2-4,9,11,15-17H,5-8,10H2,1H3,(H,26,27). The molecular formula is C20H22ClN3O3. The summed E-state index contributed by atoms with van der Waals surface area (Å²) < 4.78 is 1.80. The summed E-state index contributed by atoms with van der Waals surface area (Å²) in [6.45, 7) is 3.15. The highest BCUT2D eigenvalue weighted by atomic mass is 35.5. The van der Waals surface area contributed by atoms with Gasteiger partial charge in [0.2, 0.25) is 5.91 Å². The molecule has 1 amide bonds. The summed E-state index contributed by atoms with van der Waals surface area (Å²) >= 11 is 6.06. The van der Waals surface area contributed by atoms with Gasteiger partial charge in [-0.2, -0.15) is 5.10 Å². The first kappa shape index (κ1) is 18.0. The van der Waals surface area contributed by atoms with E-state index in [4.69, 9.17) is 11.6 Å². The lowest BCUT2D eigenvalue weighted by Crippen LogP contribution is -2.40. The van der Waals surface area contributed by atoms with Crippen molar-refractivity contribution in [2.45, 2.75) is 38.1 Å². The third kappa shape index (κ3) is 3.46. The SMILES string of the molecule is Cc1c(C(=O)O)cnn1C1CCN(C(=O)C2CC2c2cccc(Cl)c2)CC1. The maximum atomic E-state index is 12.8. The van der Waals surface area contributed by atoms with Gasteiger partial charge in [-0.1, -0.05) is 23.7 Å². The lowest BCUT2D eigenvalue weighted by molar-refractivity contribution is -0.134. The summed E-state index contributed by atoms with van der Waals surface area (Å²) in [5.74, 6) is -0.389. The zero-order chi connectivity index (χ0) is 19.1. The zero-order valence-electron chi connectivity index (χ0n) is 15.1. The van der Waals surface area contributed by atoms with Crippen molar-refractivity contribution in [1.82, 2.24) is 14.7 Å². The molecule has 2 fully saturated rings. The molecule has 2 atom stereocenters. The average Bonchev–Trinajstić information content (AvgIpc) is 3.36. The molecule has 2 unspecified atom stereocenters. The van der Waals surface area contributed by atoms with Gasteiger partial charge in [0, 0.05) is 24.0 Å². The van der Waals surface area contributed by atoms with Crippen molar-refractivity contribution in [2.24, 2.45) is 5.92 Å². The van der Waals surface area contributed by atoms with Gasteiger partial charge in [0.05, 0.1) is 17.9 Å². The molecule has 1 saturated carbocycles. The van der Waals surface area contributed by atoms with E-state index in [-0.39, 0.29) is 29.3 Å². The van der Waals surface area contributed by atoms with Crippen molar-refractivity contribution in [3.63, 3.8) is 0 Å². The number of amides is 1. The molecule has 1 aromatic carbocycles. The molecule has 1 aliphatic heterocycles. The molecule has 4 rings (SSSR count). The molecular weight excluding hydrogens is 366 g/mol. The van der Waals surface area contributed by atoms with E-state index in [1.165, 1.54) is 6.20 Å². The number of nitrogens with zero attached hydrogens (tertiary/aromatic N) is 3. The van der Waals surface area contributed by atoms with E-state index in [0.29, 0.717) is 23.8 Å². The highest BCUT2D eigenvalue weighted by Crippen LogP contribution is 2.49. The van der Waals surface area contributed by atoms with E-state index in [2.05, 4.69) is 5.10 Å². The molecule has 27 heavy (non-hydrogen) atoms. The molecule has 1 aromatic heterocycles. The van der Waals surface area contributed by atoms with Crippen LogP contribution in [-0.2, 0) is 4.79 Å². The third-order valence-electron chi connectivity index (χ3n) is 5.78. The average molecular weight is 388 g/mol. The van der Waals surface area contributed by atoms with E-state index >= 15 is 0 Å². The fourth-order valence-electron chi connectivity index (χ4n) is 4.14. The summed E-state index contributed by atoms with van der Waals surface area (Å²) in [5, 5.41) is 14.1. The predicted octanol–water partition coefficient (Wildman–Crippen LogP) is 3.51. The molecule has 1 aliphatic carbocycles. The third-order valence-corrected chi connectivity index (χ3v) is 6.02. The molecule has 2 heterocycles. The van der Waals surface area contributed by atoms with Crippen LogP contribution in [0.15, 0.2) is 30.5 Å². The Balaban J connectivity index is 1.36. The van der Waals surface area contributed by atoms with E-state index < -0.39 is 5.97 Å². The molecule has 2 aromatic rings. The van der Waals surface area contributed by atoms with Crippen LogP contribution in [0.1, 0.15) is 52.8 Å². The van der Waals surface area contributed by atoms with Crippen molar-refractivity contribution in [3.05, 3.63) is 52.3 Å². The molecule has 7 heteroatoms. The Hall–Kier alpha value is -2.34. The number of likely N-dealkylation sites (tertiary alicyclic amines) is 1. The van der Waals surface area contributed by atoms with Crippen LogP contribution in [0.25, 0.3) is 0 Å². The maximum absolute atomic E-state index is 12.8. The first-order valence-electron chi connectivity index (χ1n) is 9.27. The summed E-state index contributed by atoms with van der Waals surface area (Å²) in [7, 11) is 0. The van der Waals surface area contributed by atoms with Crippen LogP contribution in [0.2, 0.25) is 5.02 Å². The number of aromatic carboxylic acids is 1. The highest BCUT2D eigenvalue weighted by Gasteiger charge is 2.46. The number of hydrogen-bond donors (Lipinski definition) is 1. The van der Waals surface area contributed by atoms with Crippen LogP contribution in [0.4, 0.5) is 0 Å². The number of rotatable bonds is 4. The fourth-order valence-corrected chi connectivity index (χ4v) is 4.34. The van der Waals surface area contributed by atoms with Crippen LogP contribution in [-0.4, -0.2) is 44.8 Å². The fraction of sp³-hybridized carbons (Fsp3) is 0.450. The lowest BCUT2D eigenvalue weighted by atomic mass is 10.0. The Morgan fingerprint density at radius 1 is 1.26 bits per heavy atom. The number of piperidine rings is 1. The van der Waals surface area contributed by atoms with Gasteiger partial charge in [-0.3, -0.25) is 9.48 Å². The molecule has 1 saturated heterocycles. The van der Waals surface area contributed by atoms with Crippen molar-refractivity contribution in [1.29, 1.82) is 0 Å². The normalized spacial score (nSPS) is 22.7. The second kappa shape index (κ2) is 7.00. The van der Waals surface area contributed by atoms with Crippen LogP contribution in [0.5, 0.6) is 0 Å². The van der Waals surface area contributed by atoms with E-state index in [1.807, 2.05) is 29.2 Å². The summed E-state index contributed by atoms with van der Waals surface area (Å²) in [4.78, 5) is 26.0. The number of carbonyl (C=O) groups excluding carboxylic acids is 1. The largest absolute Gasteiger partial charge is 0.478 e. The minimum atomic E-state index is -0.952. The van der Waals surface area contributed by atoms with Crippen LogP contribution < -0.4 is 0 Å². The number of carboxylic acids is 1. The number of carboxylic acid groups (broad SMARTS) is 1. The van der Waals surface area contributed by atoms with Gasteiger partial charge in [0.25, 0.3) is 0 Å². The number of benzene rings is 1. The Morgan fingerprint density at radius 3 is 2.63 bits per heavy atom. The van der Waals surface area contributed by atoms with E-state index in [1.54, 1.807) is 11.6 Å². The first-order chi connectivity index (χ1) is 13.0. The Labute approximate surface area is 162 Å². The monoisotopic (exact) mass is 387 g/mol. The molecule has 0 radical (unpaired) electrons. The van der Waals surface area contributed by atoms with Crippen LogP contribution >= 0.6 is 11.6 Å². The Bertz CT molecular complexity index is 886. The van der Waals surface area contributed by atoms with Gasteiger partial charge >= 0.3 is 5.97 Å². The lowest BCUT2D eigenvalue weighted by Gasteiger charge is -2.33. The molecule has 2 aliphatic rings. The van der Waals surface area contributed by atoms with E-state index in [0.717, 1.165) is 24.8 Å². The minimum absolute atomic E-state index is 0.0602. The van der Waals surface area contributed by atoms with Crippen molar-refractivity contribution in [3.8, 4) is 0 Å². The van der Waals surface area contributed by atoms with Gasteiger partial charge in [0.1, 0.15) is 5.56 Å². The number of hydrogen-bond acceptors (Lipinski definition) is 3. The Morgan fingerprint density at radius 2 is 2.00 bits per heavy atom. The molecule has 1 N–H and O–H groups in total. The highest BCUT2D eigenvalue weighted by molar-refractivity contribution is 6.30. The van der Waals surface area contributed by atoms with Crippen LogP contribution in [0, 0.1) is 12.8 Å². The van der Waals surface area contributed by atoms with Gasteiger partial charge in [-0.25, -0.2) is 4.79 Å². The molecule has 0 bridgehead atoms. The molecule has 6 nitrogen and oxygen atoms in total. The van der Waals surface area contributed by atoms with Gasteiger partial charge in [-0.05, 0) is 49.8 Å². The number of aromatic nitrogens is 2. The predicted molar refractivity (Wildman–Crippen MR) is 101 cm³/mol. The van der Waals surface area contributed by atoms with E-state index in [9.17, 15) is 14.7 Å². The smallest absolute Gasteiger partial charge is 0.339 e. The van der Waals surface area contributed by atoms with Gasteiger partial charge < -0.3 is 10.0 Å². The summed E-state index contributed by atoms with van der Waals surface area (Å²) in [6, 6.07) is 7.91. The first-order valence-corrected chi connectivity index (χ1v) is 9.65. The molecule has 142 valence electrons.